The lowest BCUT2D eigenvalue weighted by molar-refractivity contribution is 1.18. The van der Waals surface area contributed by atoms with E-state index in [4.69, 9.17) is 0 Å². The Bertz CT molecular complexity index is 723. The zero-order chi connectivity index (χ0) is 12.7. The molecule has 0 atom stereocenters. The van der Waals surface area contributed by atoms with Crippen molar-refractivity contribution in [2.24, 2.45) is 0 Å². The lowest BCUT2D eigenvalue weighted by atomic mass is 10.0. The maximum absolute atomic E-state index is 4.51. The SMILES string of the molecule is Cc1ccc(C)c(-c2cccc3nc(C)cn23)c1. The van der Waals surface area contributed by atoms with E-state index in [1.807, 2.05) is 13.0 Å². The Hall–Kier alpha value is -2.09. The molecule has 0 aliphatic heterocycles. The normalized spacial score (nSPS) is 11.1. The number of fused-ring (bicyclic) bond motifs is 1. The van der Waals surface area contributed by atoms with Crippen LogP contribution in [0.15, 0.2) is 42.6 Å². The predicted octanol–water partition coefficient (Wildman–Crippen LogP) is 3.93. The summed E-state index contributed by atoms with van der Waals surface area (Å²) >= 11 is 0. The number of rotatable bonds is 1. The van der Waals surface area contributed by atoms with Gasteiger partial charge in [-0.3, -0.25) is 4.40 Å². The first-order valence-corrected chi connectivity index (χ1v) is 6.17. The van der Waals surface area contributed by atoms with E-state index in [0.29, 0.717) is 0 Å². The van der Waals surface area contributed by atoms with Crippen LogP contribution in [0.3, 0.4) is 0 Å². The summed E-state index contributed by atoms with van der Waals surface area (Å²) < 4.78 is 2.16. The van der Waals surface area contributed by atoms with Crippen LogP contribution in [-0.2, 0) is 0 Å². The van der Waals surface area contributed by atoms with E-state index in [9.17, 15) is 0 Å². The van der Waals surface area contributed by atoms with E-state index in [2.05, 4.69) is 59.8 Å². The first-order valence-electron chi connectivity index (χ1n) is 6.17. The summed E-state index contributed by atoms with van der Waals surface area (Å²) in [6.45, 7) is 6.31. The molecule has 0 unspecified atom stereocenters. The van der Waals surface area contributed by atoms with E-state index < -0.39 is 0 Å². The molecule has 0 N–H and O–H groups in total. The van der Waals surface area contributed by atoms with Gasteiger partial charge in [0.1, 0.15) is 5.65 Å². The first-order chi connectivity index (χ1) is 8.65. The van der Waals surface area contributed by atoms with Crippen LogP contribution in [0.1, 0.15) is 16.8 Å². The molecule has 0 fully saturated rings. The average Bonchev–Trinajstić information content (AvgIpc) is 2.72. The highest BCUT2D eigenvalue weighted by Gasteiger charge is 2.07. The Kier molecular flexibility index (Phi) is 2.44. The summed E-state index contributed by atoms with van der Waals surface area (Å²) in [6, 6.07) is 12.8. The number of imidazole rings is 1. The third kappa shape index (κ3) is 1.70. The minimum absolute atomic E-state index is 1.01. The smallest absolute Gasteiger partial charge is 0.137 e. The summed E-state index contributed by atoms with van der Waals surface area (Å²) in [6.07, 6.45) is 2.09. The molecule has 90 valence electrons. The van der Waals surface area contributed by atoms with Crippen LogP contribution >= 0.6 is 0 Å². The van der Waals surface area contributed by atoms with Crippen molar-refractivity contribution in [3.05, 3.63) is 59.4 Å². The predicted molar refractivity (Wildman–Crippen MR) is 74.8 cm³/mol. The molecule has 2 heteroatoms. The molecule has 0 aliphatic carbocycles. The molecule has 3 aromatic rings. The third-order valence-electron chi connectivity index (χ3n) is 3.28. The fourth-order valence-electron chi connectivity index (χ4n) is 2.36. The molecule has 3 rings (SSSR count). The number of hydrogen-bond donors (Lipinski definition) is 0. The zero-order valence-electron chi connectivity index (χ0n) is 10.9. The van der Waals surface area contributed by atoms with Gasteiger partial charge in [0.25, 0.3) is 0 Å². The van der Waals surface area contributed by atoms with Gasteiger partial charge in [-0.15, -0.1) is 0 Å². The zero-order valence-corrected chi connectivity index (χ0v) is 10.9. The van der Waals surface area contributed by atoms with Crippen molar-refractivity contribution in [1.82, 2.24) is 9.38 Å². The Labute approximate surface area is 107 Å². The molecule has 1 aromatic carbocycles. The number of nitrogens with zero attached hydrogens (tertiary/aromatic N) is 2. The van der Waals surface area contributed by atoms with Crippen LogP contribution in [0, 0.1) is 20.8 Å². The molecule has 0 aliphatic rings. The van der Waals surface area contributed by atoms with E-state index in [1.54, 1.807) is 0 Å². The highest BCUT2D eigenvalue weighted by molar-refractivity contribution is 5.67. The molecular formula is C16H16N2. The molecule has 18 heavy (non-hydrogen) atoms. The molecule has 2 nitrogen and oxygen atoms in total. The molecule has 0 bridgehead atoms. The van der Waals surface area contributed by atoms with E-state index in [1.165, 1.54) is 22.4 Å². The van der Waals surface area contributed by atoms with E-state index >= 15 is 0 Å². The van der Waals surface area contributed by atoms with Gasteiger partial charge in [0.05, 0.1) is 11.4 Å². The molecular weight excluding hydrogens is 220 g/mol. The fraction of sp³-hybridized carbons (Fsp3) is 0.188. The highest BCUT2D eigenvalue weighted by Crippen LogP contribution is 2.25. The maximum atomic E-state index is 4.51. The number of hydrogen-bond acceptors (Lipinski definition) is 1. The topological polar surface area (TPSA) is 17.3 Å². The Morgan fingerprint density at radius 2 is 1.83 bits per heavy atom. The van der Waals surface area contributed by atoms with Crippen LogP contribution in [0.25, 0.3) is 16.9 Å². The standard InChI is InChI=1S/C16H16N2/c1-11-7-8-12(2)14(9-11)15-5-4-6-16-17-13(3)10-18(15)16/h4-10H,1-3H3. The van der Waals surface area contributed by atoms with Crippen molar-refractivity contribution in [2.45, 2.75) is 20.8 Å². The second-order valence-corrected chi connectivity index (χ2v) is 4.84. The molecule has 2 heterocycles. The summed E-state index contributed by atoms with van der Waals surface area (Å²) in [7, 11) is 0. The number of aryl methyl sites for hydroxylation is 3. The minimum Gasteiger partial charge on any atom is -0.299 e. The van der Waals surface area contributed by atoms with Crippen LogP contribution in [0.5, 0.6) is 0 Å². The lowest BCUT2D eigenvalue weighted by Gasteiger charge is -2.09. The highest BCUT2D eigenvalue weighted by atomic mass is 15.0. The average molecular weight is 236 g/mol. The molecule has 0 spiro atoms. The van der Waals surface area contributed by atoms with Gasteiger partial charge < -0.3 is 0 Å². The summed E-state index contributed by atoms with van der Waals surface area (Å²) in [5, 5.41) is 0. The molecule has 0 saturated heterocycles. The van der Waals surface area contributed by atoms with Gasteiger partial charge in [0, 0.05) is 11.8 Å². The molecule has 0 saturated carbocycles. The van der Waals surface area contributed by atoms with Crippen molar-refractivity contribution in [3.63, 3.8) is 0 Å². The Morgan fingerprint density at radius 1 is 1.00 bits per heavy atom. The van der Waals surface area contributed by atoms with Gasteiger partial charge >= 0.3 is 0 Å². The molecule has 0 amide bonds. The summed E-state index contributed by atoms with van der Waals surface area (Å²) in [5.74, 6) is 0. The van der Waals surface area contributed by atoms with E-state index in [0.717, 1.165) is 11.3 Å². The number of pyridine rings is 1. The third-order valence-corrected chi connectivity index (χ3v) is 3.28. The first kappa shape index (κ1) is 11.0. The van der Waals surface area contributed by atoms with Gasteiger partial charge in [0.15, 0.2) is 0 Å². The van der Waals surface area contributed by atoms with Crippen LogP contribution in [-0.4, -0.2) is 9.38 Å². The van der Waals surface area contributed by atoms with E-state index in [-0.39, 0.29) is 0 Å². The molecule has 0 radical (unpaired) electrons. The van der Waals surface area contributed by atoms with Gasteiger partial charge in [-0.05, 0) is 44.5 Å². The maximum Gasteiger partial charge on any atom is 0.137 e. The monoisotopic (exact) mass is 236 g/mol. The van der Waals surface area contributed by atoms with Gasteiger partial charge in [0.2, 0.25) is 0 Å². The summed E-state index contributed by atoms with van der Waals surface area (Å²) in [4.78, 5) is 4.51. The largest absolute Gasteiger partial charge is 0.299 e. The second-order valence-electron chi connectivity index (χ2n) is 4.84. The van der Waals surface area contributed by atoms with Crippen LogP contribution in [0.2, 0.25) is 0 Å². The van der Waals surface area contributed by atoms with Crippen molar-refractivity contribution in [1.29, 1.82) is 0 Å². The van der Waals surface area contributed by atoms with Crippen molar-refractivity contribution in [2.75, 3.05) is 0 Å². The quantitative estimate of drug-likeness (QED) is 0.626. The number of benzene rings is 1. The van der Waals surface area contributed by atoms with Gasteiger partial charge in [-0.1, -0.05) is 23.8 Å². The lowest BCUT2D eigenvalue weighted by Crippen LogP contribution is -1.93. The van der Waals surface area contributed by atoms with Crippen LogP contribution < -0.4 is 0 Å². The van der Waals surface area contributed by atoms with Crippen molar-refractivity contribution in [3.8, 4) is 11.3 Å². The second kappa shape index (κ2) is 3.98. The summed E-state index contributed by atoms with van der Waals surface area (Å²) in [5.41, 5.74) is 7.11. The Morgan fingerprint density at radius 3 is 2.67 bits per heavy atom. The van der Waals surface area contributed by atoms with Gasteiger partial charge in [-0.2, -0.15) is 0 Å². The Balaban J connectivity index is 2.34. The number of aromatic nitrogens is 2. The van der Waals surface area contributed by atoms with Gasteiger partial charge in [-0.25, -0.2) is 4.98 Å². The molecule has 2 aromatic heterocycles. The van der Waals surface area contributed by atoms with Crippen molar-refractivity contribution < 1.29 is 0 Å². The minimum atomic E-state index is 1.01. The van der Waals surface area contributed by atoms with Crippen molar-refractivity contribution >= 4 is 5.65 Å². The fourth-order valence-corrected chi connectivity index (χ4v) is 2.36. The van der Waals surface area contributed by atoms with Crippen LogP contribution in [0.4, 0.5) is 0 Å².